The van der Waals surface area contributed by atoms with Crippen molar-refractivity contribution in [2.24, 2.45) is 0 Å². The summed E-state index contributed by atoms with van der Waals surface area (Å²) in [6.07, 6.45) is 1.88. The van der Waals surface area contributed by atoms with Crippen LogP contribution >= 0.6 is 0 Å². The standard InChI is InChI=1S/C35H23N/c1-3-13-24(14-4-1)30-23-31(32-21-11-12-22-36-32)33(25-15-5-2-6-16-25)35-29-20-10-8-18-27(29)26-17-7-9-19-28(26)34(30)35/h1-23H. The summed E-state index contributed by atoms with van der Waals surface area (Å²) < 4.78 is 0. The molecule has 1 heteroatoms. The fourth-order valence-corrected chi connectivity index (χ4v) is 5.58. The van der Waals surface area contributed by atoms with Gasteiger partial charge in [0.2, 0.25) is 0 Å². The van der Waals surface area contributed by atoms with Crippen LogP contribution in [0.25, 0.3) is 65.8 Å². The van der Waals surface area contributed by atoms with E-state index in [1.807, 2.05) is 12.3 Å². The Hall–Kier alpha value is -4.75. The third-order valence-electron chi connectivity index (χ3n) is 7.10. The molecule has 0 aliphatic carbocycles. The van der Waals surface area contributed by atoms with Gasteiger partial charge >= 0.3 is 0 Å². The molecular weight excluding hydrogens is 434 g/mol. The maximum atomic E-state index is 4.82. The molecule has 0 fully saturated rings. The second-order valence-corrected chi connectivity index (χ2v) is 9.13. The van der Waals surface area contributed by atoms with E-state index >= 15 is 0 Å². The highest BCUT2D eigenvalue weighted by molar-refractivity contribution is 6.32. The summed E-state index contributed by atoms with van der Waals surface area (Å²) in [5.41, 5.74) is 6.99. The van der Waals surface area contributed by atoms with Crippen molar-refractivity contribution in [2.45, 2.75) is 0 Å². The first-order valence-corrected chi connectivity index (χ1v) is 12.3. The summed E-state index contributed by atoms with van der Waals surface area (Å²) in [4.78, 5) is 4.82. The van der Waals surface area contributed by atoms with Crippen LogP contribution in [-0.2, 0) is 0 Å². The summed E-state index contributed by atoms with van der Waals surface area (Å²) in [6.45, 7) is 0. The molecule has 0 unspecified atom stereocenters. The molecule has 0 saturated heterocycles. The molecule has 1 heterocycles. The first kappa shape index (κ1) is 20.6. The van der Waals surface area contributed by atoms with Gasteiger partial charge in [-0.15, -0.1) is 0 Å². The molecule has 0 amide bonds. The third-order valence-corrected chi connectivity index (χ3v) is 7.10. The van der Waals surface area contributed by atoms with Crippen molar-refractivity contribution in [2.75, 3.05) is 0 Å². The topological polar surface area (TPSA) is 12.9 Å². The minimum atomic E-state index is 0.979. The van der Waals surface area contributed by atoms with Gasteiger partial charge in [-0.1, -0.05) is 115 Å². The summed E-state index contributed by atoms with van der Waals surface area (Å²) in [7, 11) is 0. The Kier molecular flexibility index (Phi) is 4.85. The number of hydrogen-bond donors (Lipinski definition) is 0. The Bertz CT molecular complexity index is 1850. The summed E-state index contributed by atoms with van der Waals surface area (Å²) >= 11 is 0. The van der Waals surface area contributed by atoms with E-state index in [0.29, 0.717) is 0 Å². The highest BCUT2D eigenvalue weighted by atomic mass is 14.7. The fraction of sp³-hybridized carbons (Fsp3) is 0. The Labute approximate surface area is 210 Å². The highest BCUT2D eigenvalue weighted by Gasteiger charge is 2.21. The summed E-state index contributed by atoms with van der Waals surface area (Å²) in [5.74, 6) is 0. The van der Waals surface area contributed by atoms with E-state index in [-0.39, 0.29) is 0 Å². The number of benzene rings is 6. The minimum Gasteiger partial charge on any atom is -0.256 e. The van der Waals surface area contributed by atoms with Crippen LogP contribution in [0, 0.1) is 0 Å². The van der Waals surface area contributed by atoms with Crippen molar-refractivity contribution in [1.82, 2.24) is 4.98 Å². The molecule has 0 bridgehead atoms. The Morgan fingerprint density at radius 2 is 0.917 bits per heavy atom. The maximum Gasteiger partial charge on any atom is 0.0708 e. The lowest BCUT2D eigenvalue weighted by atomic mass is 9.82. The van der Waals surface area contributed by atoms with Crippen LogP contribution in [-0.4, -0.2) is 4.98 Å². The summed E-state index contributed by atoms with van der Waals surface area (Å²) in [6, 6.07) is 47.7. The normalized spacial score (nSPS) is 11.3. The van der Waals surface area contributed by atoms with E-state index in [4.69, 9.17) is 4.98 Å². The van der Waals surface area contributed by atoms with Gasteiger partial charge in [-0.2, -0.15) is 0 Å². The lowest BCUT2D eigenvalue weighted by molar-refractivity contribution is 1.33. The first-order chi connectivity index (χ1) is 17.9. The van der Waals surface area contributed by atoms with Crippen LogP contribution in [0.15, 0.2) is 140 Å². The number of rotatable bonds is 3. The molecule has 0 aliphatic heterocycles. The van der Waals surface area contributed by atoms with Gasteiger partial charge in [-0.3, -0.25) is 4.98 Å². The van der Waals surface area contributed by atoms with Gasteiger partial charge in [-0.05, 0) is 72.8 Å². The van der Waals surface area contributed by atoms with Crippen LogP contribution in [0.2, 0.25) is 0 Å². The Balaban J connectivity index is 1.82. The maximum absolute atomic E-state index is 4.82. The van der Waals surface area contributed by atoms with Gasteiger partial charge in [0.1, 0.15) is 0 Å². The molecule has 1 nitrogen and oxygen atoms in total. The molecule has 0 radical (unpaired) electrons. The second kappa shape index (κ2) is 8.48. The largest absolute Gasteiger partial charge is 0.256 e. The van der Waals surface area contributed by atoms with Gasteiger partial charge in [0.05, 0.1) is 5.69 Å². The molecule has 0 spiro atoms. The molecule has 1 aromatic heterocycles. The van der Waals surface area contributed by atoms with Crippen LogP contribution in [0.5, 0.6) is 0 Å². The fourth-order valence-electron chi connectivity index (χ4n) is 5.58. The number of nitrogens with zero attached hydrogens (tertiary/aromatic N) is 1. The second-order valence-electron chi connectivity index (χ2n) is 9.13. The number of aromatic nitrogens is 1. The van der Waals surface area contributed by atoms with Crippen LogP contribution in [0.3, 0.4) is 0 Å². The monoisotopic (exact) mass is 457 g/mol. The van der Waals surface area contributed by atoms with E-state index < -0.39 is 0 Å². The van der Waals surface area contributed by atoms with Crippen molar-refractivity contribution >= 4 is 32.3 Å². The highest BCUT2D eigenvalue weighted by Crippen LogP contribution is 2.48. The predicted octanol–water partition coefficient (Wildman–Crippen LogP) is 9.54. The number of pyridine rings is 1. The van der Waals surface area contributed by atoms with Crippen molar-refractivity contribution in [1.29, 1.82) is 0 Å². The smallest absolute Gasteiger partial charge is 0.0708 e. The first-order valence-electron chi connectivity index (χ1n) is 12.3. The van der Waals surface area contributed by atoms with E-state index in [9.17, 15) is 0 Å². The molecule has 36 heavy (non-hydrogen) atoms. The molecule has 6 aromatic carbocycles. The molecule has 0 atom stereocenters. The zero-order valence-electron chi connectivity index (χ0n) is 19.7. The molecular formula is C35H23N. The lowest BCUT2D eigenvalue weighted by Gasteiger charge is -2.21. The molecule has 0 saturated carbocycles. The molecule has 0 N–H and O–H groups in total. The van der Waals surface area contributed by atoms with E-state index in [2.05, 4.69) is 127 Å². The third kappa shape index (κ3) is 3.21. The van der Waals surface area contributed by atoms with Gasteiger partial charge in [0.25, 0.3) is 0 Å². The van der Waals surface area contributed by atoms with E-state index in [1.165, 1.54) is 54.6 Å². The van der Waals surface area contributed by atoms with Crippen LogP contribution < -0.4 is 0 Å². The number of fused-ring (bicyclic) bond motifs is 6. The quantitative estimate of drug-likeness (QED) is 0.241. The van der Waals surface area contributed by atoms with Crippen molar-refractivity contribution in [3.63, 3.8) is 0 Å². The van der Waals surface area contributed by atoms with Gasteiger partial charge < -0.3 is 0 Å². The van der Waals surface area contributed by atoms with Gasteiger partial charge in [-0.25, -0.2) is 0 Å². The Morgan fingerprint density at radius 1 is 0.389 bits per heavy atom. The zero-order chi connectivity index (χ0) is 23.9. The molecule has 7 rings (SSSR count). The van der Waals surface area contributed by atoms with Gasteiger partial charge in [0.15, 0.2) is 0 Å². The van der Waals surface area contributed by atoms with E-state index in [1.54, 1.807) is 0 Å². The van der Waals surface area contributed by atoms with Crippen molar-refractivity contribution in [3.8, 4) is 33.5 Å². The minimum absolute atomic E-state index is 0.979. The lowest BCUT2D eigenvalue weighted by Crippen LogP contribution is -1.95. The summed E-state index contributed by atoms with van der Waals surface area (Å²) in [5, 5.41) is 7.65. The molecule has 7 aromatic rings. The SMILES string of the molecule is c1ccc(-c2cc(-c3ccccn3)c(-c3ccccc3)c3c4ccccc4c4ccccc4c23)cc1. The van der Waals surface area contributed by atoms with Crippen molar-refractivity contribution < 1.29 is 0 Å². The zero-order valence-corrected chi connectivity index (χ0v) is 19.7. The predicted molar refractivity (Wildman–Crippen MR) is 153 cm³/mol. The van der Waals surface area contributed by atoms with Crippen molar-refractivity contribution in [3.05, 3.63) is 140 Å². The van der Waals surface area contributed by atoms with E-state index in [0.717, 1.165) is 11.3 Å². The molecule has 168 valence electrons. The van der Waals surface area contributed by atoms with Crippen LogP contribution in [0.1, 0.15) is 0 Å². The van der Waals surface area contributed by atoms with Crippen LogP contribution in [0.4, 0.5) is 0 Å². The number of hydrogen-bond acceptors (Lipinski definition) is 1. The molecule has 0 aliphatic rings. The average Bonchev–Trinajstić information content (AvgIpc) is 2.97. The Morgan fingerprint density at radius 3 is 1.53 bits per heavy atom. The van der Waals surface area contributed by atoms with Gasteiger partial charge in [0, 0.05) is 11.8 Å². The average molecular weight is 458 g/mol.